The number of hydrogen-bond donors (Lipinski definition) is 1. The van der Waals surface area contributed by atoms with Crippen molar-refractivity contribution in [1.82, 2.24) is 9.38 Å². The second-order valence-corrected chi connectivity index (χ2v) is 5.34. The number of halogens is 2. The molecule has 5 nitrogen and oxygen atoms in total. The first-order valence-corrected chi connectivity index (χ1v) is 7.94. The van der Waals surface area contributed by atoms with E-state index < -0.39 is 17.5 Å². The van der Waals surface area contributed by atoms with Crippen molar-refractivity contribution in [1.29, 1.82) is 0 Å². The van der Waals surface area contributed by atoms with Crippen molar-refractivity contribution in [2.24, 2.45) is 0 Å². The molecule has 0 aliphatic rings. The minimum Gasteiger partial charge on any atom is -0.490 e. The average Bonchev–Trinajstić information content (AvgIpc) is 2.98. The zero-order chi connectivity index (χ0) is 18.0. The van der Waals surface area contributed by atoms with Gasteiger partial charge in [0.2, 0.25) is 0 Å². The molecule has 2 aromatic heterocycles. The van der Waals surface area contributed by atoms with E-state index in [1.807, 2.05) is 13.8 Å². The van der Waals surface area contributed by atoms with Crippen molar-refractivity contribution in [2.45, 2.75) is 20.3 Å². The summed E-state index contributed by atoms with van der Waals surface area (Å²) in [6.07, 6.45) is 2.18. The van der Waals surface area contributed by atoms with Gasteiger partial charge in [-0.2, -0.15) is 0 Å². The predicted octanol–water partition coefficient (Wildman–Crippen LogP) is 3.83. The molecular weight excluding hydrogens is 328 g/mol. The van der Waals surface area contributed by atoms with Crippen LogP contribution in [0.2, 0.25) is 0 Å². The van der Waals surface area contributed by atoms with Gasteiger partial charge in [0.05, 0.1) is 18.0 Å². The number of amides is 1. The number of anilines is 1. The number of hydrogen-bond acceptors (Lipinski definition) is 3. The summed E-state index contributed by atoms with van der Waals surface area (Å²) in [5.41, 5.74) is 1.10. The highest BCUT2D eigenvalue weighted by atomic mass is 19.1. The zero-order valence-electron chi connectivity index (χ0n) is 13.8. The highest BCUT2D eigenvalue weighted by Gasteiger charge is 2.21. The van der Waals surface area contributed by atoms with E-state index in [1.54, 1.807) is 22.7 Å². The number of carbonyl (C=O) groups excluding carboxylic acids is 1. The Hall–Kier alpha value is -2.96. The Bertz CT molecular complexity index is 937. The lowest BCUT2D eigenvalue weighted by Crippen LogP contribution is -2.17. The number of nitrogens with one attached hydrogen (secondary N) is 1. The molecule has 7 heteroatoms. The van der Waals surface area contributed by atoms with E-state index in [0.717, 1.165) is 18.2 Å². The van der Waals surface area contributed by atoms with E-state index in [-0.39, 0.29) is 11.4 Å². The number of aromatic nitrogens is 2. The molecule has 0 bridgehead atoms. The van der Waals surface area contributed by atoms with Gasteiger partial charge in [0.25, 0.3) is 5.91 Å². The number of rotatable bonds is 5. The molecule has 0 saturated heterocycles. The molecule has 3 rings (SSSR count). The summed E-state index contributed by atoms with van der Waals surface area (Å²) >= 11 is 0. The van der Waals surface area contributed by atoms with Gasteiger partial charge >= 0.3 is 0 Å². The summed E-state index contributed by atoms with van der Waals surface area (Å²) < 4.78 is 34.3. The Kier molecular flexibility index (Phi) is 4.65. The van der Waals surface area contributed by atoms with Gasteiger partial charge in [0.15, 0.2) is 11.4 Å². The Morgan fingerprint density at radius 1 is 1.28 bits per heavy atom. The minimum atomic E-state index is -0.711. The van der Waals surface area contributed by atoms with E-state index in [4.69, 9.17) is 4.74 Å². The number of nitrogens with zero attached hydrogens (tertiary/aromatic N) is 2. The maximum absolute atomic E-state index is 13.8. The van der Waals surface area contributed by atoms with Gasteiger partial charge in [-0.25, -0.2) is 13.8 Å². The molecule has 0 saturated carbocycles. The third-order valence-electron chi connectivity index (χ3n) is 3.71. The van der Waals surface area contributed by atoms with Crippen molar-refractivity contribution in [3.8, 4) is 5.75 Å². The first-order valence-electron chi connectivity index (χ1n) is 7.94. The second-order valence-electron chi connectivity index (χ2n) is 5.34. The summed E-state index contributed by atoms with van der Waals surface area (Å²) in [6, 6.07) is 6.39. The van der Waals surface area contributed by atoms with Gasteiger partial charge in [-0.3, -0.25) is 9.20 Å². The van der Waals surface area contributed by atoms with Crippen LogP contribution in [0.4, 0.5) is 14.5 Å². The van der Waals surface area contributed by atoms with E-state index in [0.29, 0.717) is 30.1 Å². The van der Waals surface area contributed by atoms with Crippen LogP contribution in [0.25, 0.3) is 5.65 Å². The fourth-order valence-electron chi connectivity index (χ4n) is 2.62. The van der Waals surface area contributed by atoms with Crippen LogP contribution < -0.4 is 10.1 Å². The molecule has 1 amide bonds. The van der Waals surface area contributed by atoms with Gasteiger partial charge in [0.1, 0.15) is 17.3 Å². The topological polar surface area (TPSA) is 55.6 Å². The van der Waals surface area contributed by atoms with Crippen LogP contribution in [-0.4, -0.2) is 21.9 Å². The van der Waals surface area contributed by atoms with Crippen LogP contribution in [0.5, 0.6) is 5.75 Å². The Morgan fingerprint density at radius 3 is 2.80 bits per heavy atom. The molecule has 3 aromatic rings. The molecule has 0 atom stereocenters. The Morgan fingerprint density at radius 2 is 2.08 bits per heavy atom. The Balaban J connectivity index is 2.06. The fraction of sp³-hybridized carbons (Fsp3) is 0.222. The van der Waals surface area contributed by atoms with Gasteiger partial charge < -0.3 is 10.1 Å². The standard InChI is InChI=1S/C18H17F2N3O2/c1-3-13-16(18(24)22-14-10-11(19)7-8-12(14)20)23-9-5-6-15(25-4-2)17(23)21-13/h5-10H,3-4H2,1-2H3,(H,22,24). The van der Waals surface area contributed by atoms with Crippen molar-refractivity contribution in [3.05, 3.63) is 59.6 Å². The number of fused-ring (bicyclic) bond motifs is 1. The maximum Gasteiger partial charge on any atom is 0.274 e. The summed E-state index contributed by atoms with van der Waals surface area (Å²) in [5.74, 6) is -1.36. The molecule has 0 aliphatic carbocycles. The summed E-state index contributed by atoms with van der Waals surface area (Å²) in [5, 5.41) is 2.42. The molecule has 2 heterocycles. The van der Waals surface area contributed by atoms with Crippen LogP contribution in [-0.2, 0) is 6.42 Å². The van der Waals surface area contributed by atoms with Gasteiger partial charge in [0, 0.05) is 12.3 Å². The van der Waals surface area contributed by atoms with Crippen molar-refractivity contribution in [2.75, 3.05) is 11.9 Å². The number of carbonyl (C=O) groups is 1. The molecule has 130 valence electrons. The quantitative estimate of drug-likeness (QED) is 0.765. The Labute approximate surface area is 143 Å². The number of aryl methyl sites for hydroxylation is 1. The van der Waals surface area contributed by atoms with Crippen LogP contribution in [0, 0.1) is 11.6 Å². The largest absolute Gasteiger partial charge is 0.490 e. The first-order chi connectivity index (χ1) is 12.0. The number of benzene rings is 1. The summed E-state index contributed by atoms with van der Waals surface area (Å²) in [6.45, 7) is 4.18. The lowest BCUT2D eigenvalue weighted by atomic mass is 10.2. The lowest BCUT2D eigenvalue weighted by Gasteiger charge is -2.08. The van der Waals surface area contributed by atoms with Crippen LogP contribution in [0.1, 0.15) is 30.0 Å². The number of imidazole rings is 1. The van der Waals surface area contributed by atoms with Crippen molar-refractivity contribution >= 4 is 17.2 Å². The normalized spacial score (nSPS) is 10.9. The predicted molar refractivity (Wildman–Crippen MR) is 90.1 cm³/mol. The third-order valence-corrected chi connectivity index (χ3v) is 3.71. The van der Waals surface area contributed by atoms with Gasteiger partial charge in [-0.1, -0.05) is 6.92 Å². The molecule has 0 fully saturated rings. The lowest BCUT2D eigenvalue weighted by molar-refractivity contribution is 0.102. The molecular formula is C18H17F2N3O2. The molecule has 0 unspecified atom stereocenters. The average molecular weight is 345 g/mol. The molecule has 25 heavy (non-hydrogen) atoms. The molecule has 1 aromatic carbocycles. The molecule has 0 spiro atoms. The third kappa shape index (κ3) is 3.17. The van der Waals surface area contributed by atoms with E-state index in [2.05, 4.69) is 10.3 Å². The summed E-state index contributed by atoms with van der Waals surface area (Å²) in [4.78, 5) is 17.2. The molecule has 0 aliphatic heterocycles. The van der Waals surface area contributed by atoms with Crippen molar-refractivity contribution in [3.63, 3.8) is 0 Å². The number of pyridine rings is 1. The van der Waals surface area contributed by atoms with Gasteiger partial charge in [-0.15, -0.1) is 0 Å². The van der Waals surface area contributed by atoms with E-state index in [9.17, 15) is 13.6 Å². The highest BCUT2D eigenvalue weighted by Crippen LogP contribution is 2.24. The van der Waals surface area contributed by atoms with Crippen LogP contribution in [0.3, 0.4) is 0 Å². The van der Waals surface area contributed by atoms with E-state index in [1.165, 1.54) is 0 Å². The van der Waals surface area contributed by atoms with Crippen LogP contribution in [0.15, 0.2) is 36.5 Å². The smallest absolute Gasteiger partial charge is 0.274 e. The summed E-state index contributed by atoms with van der Waals surface area (Å²) in [7, 11) is 0. The maximum atomic E-state index is 13.8. The monoisotopic (exact) mass is 345 g/mol. The van der Waals surface area contributed by atoms with E-state index >= 15 is 0 Å². The second kappa shape index (κ2) is 6.88. The molecule has 0 radical (unpaired) electrons. The van der Waals surface area contributed by atoms with Gasteiger partial charge in [-0.05, 0) is 37.6 Å². The number of ether oxygens (including phenoxy) is 1. The minimum absolute atomic E-state index is 0.219. The van der Waals surface area contributed by atoms with Crippen molar-refractivity contribution < 1.29 is 18.3 Å². The van der Waals surface area contributed by atoms with Crippen LogP contribution >= 0.6 is 0 Å². The fourth-order valence-corrected chi connectivity index (χ4v) is 2.62. The first kappa shape index (κ1) is 16.9. The highest BCUT2D eigenvalue weighted by molar-refractivity contribution is 6.04. The SMILES string of the molecule is CCOc1cccn2c(C(=O)Nc3cc(F)ccc3F)c(CC)nc12. The molecule has 1 N–H and O–H groups in total. The zero-order valence-corrected chi connectivity index (χ0v) is 13.8.